The maximum absolute atomic E-state index is 12.4. The van der Waals surface area contributed by atoms with Crippen molar-refractivity contribution in [1.82, 2.24) is 5.32 Å². The zero-order valence-corrected chi connectivity index (χ0v) is 9.84. The predicted octanol–water partition coefficient (Wildman–Crippen LogP) is 3.30. The Hall–Kier alpha value is -1.23. The van der Waals surface area contributed by atoms with Gasteiger partial charge in [0.15, 0.2) is 0 Å². The zero-order valence-electron chi connectivity index (χ0n) is 9.84. The molecular formula is C12H16F3NO. The minimum absolute atomic E-state index is 0.430. The van der Waals surface area contributed by atoms with Crippen molar-refractivity contribution in [2.45, 2.75) is 25.6 Å². The van der Waals surface area contributed by atoms with Gasteiger partial charge in [0.05, 0.1) is 13.0 Å². The van der Waals surface area contributed by atoms with E-state index in [1.165, 1.54) is 7.05 Å². The van der Waals surface area contributed by atoms with Crippen molar-refractivity contribution in [1.29, 1.82) is 0 Å². The number of nitrogens with one attached hydrogen (secondary N) is 1. The molecule has 2 nitrogen and oxygen atoms in total. The second-order valence-electron chi connectivity index (χ2n) is 3.63. The van der Waals surface area contributed by atoms with E-state index in [-0.39, 0.29) is 0 Å². The molecule has 96 valence electrons. The first-order chi connectivity index (χ1) is 7.98. The topological polar surface area (TPSA) is 21.3 Å². The molecule has 0 spiro atoms. The minimum Gasteiger partial charge on any atom is -0.494 e. The second kappa shape index (κ2) is 5.91. The Bertz CT molecular complexity index is 352. The van der Waals surface area contributed by atoms with Gasteiger partial charge < -0.3 is 10.1 Å². The molecule has 1 rings (SSSR count). The molecule has 0 bridgehead atoms. The molecule has 5 heteroatoms. The first-order valence-electron chi connectivity index (χ1n) is 5.43. The van der Waals surface area contributed by atoms with Gasteiger partial charge in [-0.25, -0.2) is 0 Å². The highest BCUT2D eigenvalue weighted by Gasteiger charge is 2.32. The van der Waals surface area contributed by atoms with E-state index in [2.05, 4.69) is 5.32 Å². The van der Waals surface area contributed by atoms with E-state index in [4.69, 9.17) is 4.74 Å². The molecule has 1 unspecified atom stereocenters. The summed E-state index contributed by atoms with van der Waals surface area (Å²) < 4.78 is 42.6. The Kier molecular flexibility index (Phi) is 4.81. The summed E-state index contributed by atoms with van der Waals surface area (Å²) in [7, 11) is 1.51. The van der Waals surface area contributed by atoms with Crippen molar-refractivity contribution in [3.63, 3.8) is 0 Å². The number of rotatable bonds is 5. The van der Waals surface area contributed by atoms with E-state index >= 15 is 0 Å². The summed E-state index contributed by atoms with van der Waals surface area (Å²) in [6.45, 7) is 2.23. The van der Waals surface area contributed by atoms with Crippen molar-refractivity contribution >= 4 is 0 Å². The van der Waals surface area contributed by atoms with E-state index < -0.39 is 18.6 Å². The van der Waals surface area contributed by atoms with E-state index in [1.54, 1.807) is 31.2 Å². The zero-order chi connectivity index (χ0) is 12.9. The van der Waals surface area contributed by atoms with Gasteiger partial charge in [0.1, 0.15) is 5.75 Å². The highest BCUT2D eigenvalue weighted by atomic mass is 19.4. The molecule has 0 amide bonds. The third-order valence-electron chi connectivity index (χ3n) is 2.38. The van der Waals surface area contributed by atoms with E-state index in [0.717, 1.165) is 0 Å². The van der Waals surface area contributed by atoms with Crippen LogP contribution in [0.1, 0.15) is 24.9 Å². The van der Waals surface area contributed by atoms with Gasteiger partial charge in [-0.1, -0.05) is 18.2 Å². The number of ether oxygens (including phenoxy) is 1. The Balaban J connectivity index is 2.94. The van der Waals surface area contributed by atoms with Crippen LogP contribution < -0.4 is 10.1 Å². The quantitative estimate of drug-likeness (QED) is 0.862. The van der Waals surface area contributed by atoms with Crippen LogP contribution in [-0.4, -0.2) is 19.8 Å². The molecule has 0 aliphatic carbocycles. The molecular weight excluding hydrogens is 231 g/mol. The fraction of sp³-hybridized carbons (Fsp3) is 0.500. The number of benzene rings is 1. The van der Waals surface area contributed by atoms with Gasteiger partial charge in [-0.15, -0.1) is 0 Å². The van der Waals surface area contributed by atoms with Crippen LogP contribution in [0.15, 0.2) is 24.3 Å². The Labute approximate surface area is 98.8 Å². The van der Waals surface area contributed by atoms with Crippen molar-refractivity contribution < 1.29 is 17.9 Å². The summed E-state index contributed by atoms with van der Waals surface area (Å²) in [5, 5.41) is 2.67. The normalized spacial score (nSPS) is 13.5. The van der Waals surface area contributed by atoms with Crippen molar-refractivity contribution in [2.24, 2.45) is 0 Å². The van der Waals surface area contributed by atoms with Gasteiger partial charge in [-0.2, -0.15) is 13.2 Å². The van der Waals surface area contributed by atoms with Crippen molar-refractivity contribution in [3.8, 4) is 5.75 Å². The standard InChI is InChI=1S/C12H16F3NO/c1-3-17-11-7-5-4-6-9(11)10(16-2)8-12(13,14)15/h4-7,10,16H,3,8H2,1-2H3. The molecule has 0 saturated heterocycles. The molecule has 0 heterocycles. The molecule has 17 heavy (non-hydrogen) atoms. The lowest BCUT2D eigenvalue weighted by atomic mass is 10.0. The third-order valence-corrected chi connectivity index (χ3v) is 2.38. The lowest BCUT2D eigenvalue weighted by molar-refractivity contribution is -0.140. The van der Waals surface area contributed by atoms with E-state index in [1.807, 2.05) is 0 Å². The van der Waals surface area contributed by atoms with Gasteiger partial charge in [0.2, 0.25) is 0 Å². The number of halogens is 3. The monoisotopic (exact) mass is 247 g/mol. The number of hydrogen-bond acceptors (Lipinski definition) is 2. The highest BCUT2D eigenvalue weighted by Crippen LogP contribution is 2.33. The van der Waals surface area contributed by atoms with E-state index in [9.17, 15) is 13.2 Å². The van der Waals surface area contributed by atoms with Crippen LogP contribution >= 0.6 is 0 Å². The third kappa shape index (κ3) is 4.26. The average molecular weight is 247 g/mol. The molecule has 0 aromatic heterocycles. The number of para-hydroxylation sites is 1. The van der Waals surface area contributed by atoms with Crippen LogP contribution in [0.2, 0.25) is 0 Å². The van der Waals surface area contributed by atoms with Crippen LogP contribution in [0.5, 0.6) is 5.75 Å². The lowest BCUT2D eigenvalue weighted by Gasteiger charge is -2.21. The molecule has 1 aromatic carbocycles. The smallest absolute Gasteiger partial charge is 0.390 e. The number of hydrogen-bond donors (Lipinski definition) is 1. The summed E-state index contributed by atoms with van der Waals surface area (Å²) in [6.07, 6.45) is -5.11. The average Bonchev–Trinajstić information content (AvgIpc) is 2.26. The van der Waals surface area contributed by atoms with Gasteiger partial charge in [0, 0.05) is 11.6 Å². The largest absolute Gasteiger partial charge is 0.494 e. The molecule has 1 N–H and O–H groups in total. The van der Waals surface area contributed by atoms with Crippen LogP contribution in [0.25, 0.3) is 0 Å². The second-order valence-corrected chi connectivity index (χ2v) is 3.63. The minimum atomic E-state index is -4.20. The van der Waals surface area contributed by atoms with Crippen LogP contribution in [0.4, 0.5) is 13.2 Å². The van der Waals surface area contributed by atoms with Gasteiger partial charge in [-0.05, 0) is 20.0 Å². The first-order valence-corrected chi connectivity index (χ1v) is 5.43. The Morgan fingerprint density at radius 1 is 1.29 bits per heavy atom. The Morgan fingerprint density at radius 2 is 1.94 bits per heavy atom. The maximum atomic E-state index is 12.4. The number of alkyl halides is 3. The summed E-state index contributed by atoms with van der Waals surface area (Å²) >= 11 is 0. The van der Waals surface area contributed by atoms with Crippen molar-refractivity contribution in [3.05, 3.63) is 29.8 Å². The molecule has 0 aliphatic heterocycles. The molecule has 0 radical (unpaired) electrons. The maximum Gasteiger partial charge on any atom is 0.390 e. The lowest BCUT2D eigenvalue weighted by Crippen LogP contribution is -2.24. The summed E-state index contributed by atoms with van der Waals surface area (Å²) in [5.41, 5.74) is 0.536. The fourth-order valence-corrected chi connectivity index (χ4v) is 1.65. The SMILES string of the molecule is CCOc1ccccc1C(CC(F)(F)F)NC. The molecule has 1 atom stereocenters. The van der Waals surface area contributed by atoms with Crippen LogP contribution in [0, 0.1) is 0 Å². The summed E-state index contributed by atoms with van der Waals surface area (Å²) in [6, 6.07) is 6.00. The molecule has 0 fully saturated rings. The summed E-state index contributed by atoms with van der Waals surface area (Å²) in [5.74, 6) is 0.499. The molecule has 1 aromatic rings. The Morgan fingerprint density at radius 3 is 2.47 bits per heavy atom. The first kappa shape index (κ1) is 13.8. The predicted molar refractivity (Wildman–Crippen MR) is 60.1 cm³/mol. The molecule has 0 saturated carbocycles. The summed E-state index contributed by atoms with van der Waals surface area (Å²) in [4.78, 5) is 0. The van der Waals surface area contributed by atoms with Crippen LogP contribution in [0.3, 0.4) is 0 Å². The van der Waals surface area contributed by atoms with Gasteiger partial charge >= 0.3 is 6.18 Å². The van der Waals surface area contributed by atoms with E-state index in [0.29, 0.717) is 17.9 Å². The van der Waals surface area contributed by atoms with Crippen molar-refractivity contribution in [2.75, 3.05) is 13.7 Å². The van der Waals surface area contributed by atoms with Gasteiger partial charge in [-0.3, -0.25) is 0 Å². The molecule has 0 aliphatic rings. The highest BCUT2D eigenvalue weighted by molar-refractivity contribution is 5.36. The fourth-order valence-electron chi connectivity index (χ4n) is 1.65. The van der Waals surface area contributed by atoms with Crippen LogP contribution in [-0.2, 0) is 0 Å². The van der Waals surface area contributed by atoms with Gasteiger partial charge in [0.25, 0.3) is 0 Å².